The zero-order valence-corrected chi connectivity index (χ0v) is 16.3. The lowest BCUT2D eigenvalue weighted by Gasteiger charge is -2.34. The number of anilines is 1. The molecule has 0 saturated carbocycles. The van der Waals surface area contributed by atoms with Gasteiger partial charge in [0.25, 0.3) is 0 Å². The summed E-state index contributed by atoms with van der Waals surface area (Å²) in [6.07, 6.45) is 0. The van der Waals surface area contributed by atoms with Crippen LogP contribution >= 0.6 is 34.7 Å². The Balaban J connectivity index is 1.42. The van der Waals surface area contributed by atoms with Crippen LogP contribution in [-0.2, 0) is 11.3 Å². The van der Waals surface area contributed by atoms with Crippen LogP contribution < -0.4 is 5.32 Å². The Morgan fingerprint density at radius 3 is 2.80 bits per heavy atom. The van der Waals surface area contributed by atoms with Crippen molar-refractivity contribution < 1.29 is 4.79 Å². The SMILES string of the molecule is CNc1nnc(SCC(=O)N2CCN(Cc3cccc(Cl)c3)CC2)s1. The second-order valence-corrected chi connectivity index (χ2v) is 8.34. The molecular formula is C16H20ClN5OS2. The molecule has 1 N–H and O–H groups in total. The van der Waals surface area contributed by atoms with Gasteiger partial charge < -0.3 is 10.2 Å². The highest BCUT2D eigenvalue weighted by molar-refractivity contribution is 8.01. The Kier molecular flexibility index (Phi) is 6.52. The normalized spacial score (nSPS) is 15.4. The number of halogens is 1. The fraction of sp³-hybridized carbons (Fsp3) is 0.438. The number of carbonyl (C=O) groups excluding carboxylic acids is 1. The number of thioether (sulfide) groups is 1. The summed E-state index contributed by atoms with van der Waals surface area (Å²) in [5.74, 6) is 0.570. The van der Waals surface area contributed by atoms with E-state index in [2.05, 4.69) is 26.5 Å². The molecule has 9 heteroatoms. The molecule has 1 fully saturated rings. The average molecular weight is 398 g/mol. The highest BCUT2D eigenvalue weighted by atomic mass is 35.5. The largest absolute Gasteiger partial charge is 0.363 e. The number of carbonyl (C=O) groups is 1. The molecule has 1 aliphatic rings. The molecule has 2 heterocycles. The van der Waals surface area contributed by atoms with Gasteiger partial charge in [-0.25, -0.2) is 0 Å². The Labute approximate surface area is 160 Å². The van der Waals surface area contributed by atoms with Crippen LogP contribution in [0.5, 0.6) is 0 Å². The maximum Gasteiger partial charge on any atom is 0.233 e. The van der Waals surface area contributed by atoms with E-state index in [1.807, 2.05) is 30.1 Å². The fourth-order valence-corrected chi connectivity index (χ4v) is 4.45. The van der Waals surface area contributed by atoms with Crippen molar-refractivity contribution in [2.75, 3.05) is 44.3 Å². The molecule has 1 aromatic heterocycles. The van der Waals surface area contributed by atoms with E-state index in [0.29, 0.717) is 5.75 Å². The van der Waals surface area contributed by atoms with Crippen molar-refractivity contribution in [2.24, 2.45) is 0 Å². The highest BCUT2D eigenvalue weighted by Crippen LogP contribution is 2.25. The number of hydrogen-bond donors (Lipinski definition) is 1. The van der Waals surface area contributed by atoms with Crippen molar-refractivity contribution >= 4 is 45.7 Å². The first-order valence-corrected chi connectivity index (χ1v) is 10.2. The smallest absolute Gasteiger partial charge is 0.233 e. The Morgan fingerprint density at radius 1 is 1.32 bits per heavy atom. The minimum Gasteiger partial charge on any atom is -0.363 e. The van der Waals surface area contributed by atoms with Crippen LogP contribution in [0.2, 0.25) is 5.02 Å². The first kappa shape index (κ1) is 18.4. The number of nitrogens with one attached hydrogen (secondary N) is 1. The number of nitrogens with zero attached hydrogens (tertiary/aromatic N) is 4. The Hall–Kier alpha value is -1.35. The van der Waals surface area contributed by atoms with Gasteiger partial charge in [0.05, 0.1) is 5.75 Å². The van der Waals surface area contributed by atoms with E-state index in [1.54, 1.807) is 0 Å². The van der Waals surface area contributed by atoms with Crippen molar-refractivity contribution in [1.29, 1.82) is 0 Å². The molecule has 1 aliphatic heterocycles. The van der Waals surface area contributed by atoms with Crippen molar-refractivity contribution in [3.05, 3.63) is 34.9 Å². The molecule has 0 aliphatic carbocycles. The van der Waals surface area contributed by atoms with Crippen LogP contribution in [0.4, 0.5) is 5.13 Å². The van der Waals surface area contributed by atoms with E-state index in [-0.39, 0.29) is 5.91 Å². The van der Waals surface area contributed by atoms with E-state index in [0.717, 1.165) is 47.2 Å². The van der Waals surface area contributed by atoms with Gasteiger partial charge in [-0.3, -0.25) is 9.69 Å². The van der Waals surface area contributed by atoms with E-state index >= 15 is 0 Å². The Morgan fingerprint density at radius 2 is 2.12 bits per heavy atom. The lowest BCUT2D eigenvalue weighted by molar-refractivity contribution is -0.130. The lowest BCUT2D eigenvalue weighted by atomic mass is 10.2. The predicted molar refractivity (Wildman–Crippen MR) is 103 cm³/mol. The van der Waals surface area contributed by atoms with Gasteiger partial charge in [-0.15, -0.1) is 10.2 Å². The second-order valence-electron chi connectivity index (χ2n) is 5.70. The first-order valence-electron chi connectivity index (χ1n) is 8.02. The summed E-state index contributed by atoms with van der Waals surface area (Å²) in [6, 6.07) is 7.94. The number of piperazine rings is 1. The highest BCUT2D eigenvalue weighted by Gasteiger charge is 2.21. The standard InChI is InChI=1S/C16H20ClN5OS2/c1-18-15-19-20-16(25-15)24-11-14(23)22-7-5-21(6-8-22)10-12-3-2-4-13(17)9-12/h2-4,9H,5-8,10-11H2,1H3,(H,18,19). The summed E-state index contributed by atoms with van der Waals surface area (Å²) in [6.45, 7) is 4.15. The summed E-state index contributed by atoms with van der Waals surface area (Å²) in [7, 11) is 1.81. The van der Waals surface area contributed by atoms with Gasteiger partial charge >= 0.3 is 0 Å². The molecule has 134 valence electrons. The molecule has 25 heavy (non-hydrogen) atoms. The fourth-order valence-electron chi connectivity index (χ4n) is 2.63. The van der Waals surface area contributed by atoms with E-state index in [4.69, 9.17) is 11.6 Å². The first-order chi connectivity index (χ1) is 12.1. The van der Waals surface area contributed by atoms with Gasteiger partial charge in [0, 0.05) is 44.8 Å². The van der Waals surface area contributed by atoms with Crippen LogP contribution in [0, 0.1) is 0 Å². The molecule has 0 bridgehead atoms. The zero-order valence-electron chi connectivity index (χ0n) is 13.9. The molecule has 1 aromatic carbocycles. The van der Waals surface area contributed by atoms with Crippen molar-refractivity contribution in [3.8, 4) is 0 Å². The molecule has 0 unspecified atom stereocenters. The number of hydrogen-bond acceptors (Lipinski definition) is 7. The summed E-state index contributed by atoms with van der Waals surface area (Å²) in [5, 5.41) is 12.5. The molecule has 2 aromatic rings. The summed E-state index contributed by atoms with van der Waals surface area (Å²) in [4.78, 5) is 16.7. The summed E-state index contributed by atoms with van der Waals surface area (Å²) in [5.41, 5.74) is 1.21. The van der Waals surface area contributed by atoms with Gasteiger partial charge in [-0.1, -0.05) is 46.8 Å². The topological polar surface area (TPSA) is 61.4 Å². The molecule has 3 rings (SSSR count). The van der Waals surface area contributed by atoms with E-state index < -0.39 is 0 Å². The lowest BCUT2D eigenvalue weighted by Crippen LogP contribution is -2.48. The van der Waals surface area contributed by atoms with Crippen LogP contribution in [0.3, 0.4) is 0 Å². The number of rotatable bonds is 6. The third kappa shape index (κ3) is 5.31. The van der Waals surface area contributed by atoms with Gasteiger partial charge in [0.1, 0.15) is 0 Å². The number of aromatic nitrogens is 2. The average Bonchev–Trinajstić information content (AvgIpc) is 3.08. The van der Waals surface area contributed by atoms with E-state index in [1.165, 1.54) is 28.7 Å². The molecule has 1 saturated heterocycles. The molecule has 1 amide bonds. The van der Waals surface area contributed by atoms with Crippen LogP contribution in [-0.4, -0.2) is 64.9 Å². The number of amides is 1. The molecule has 6 nitrogen and oxygen atoms in total. The monoisotopic (exact) mass is 397 g/mol. The second kappa shape index (κ2) is 8.84. The predicted octanol–water partition coefficient (Wildman–Crippen LogP) is 2.67. The van der Waals surface area contributed by atoms with Crippen molar-refractivity contribution in [1.82, 2.24) is 20.0 Å². The van der Waals surface area contributed by atoms with Gasteiger partial charge in [-0.2, -0.15) is 0 Å². The van der Waals surface area contributed by atoms with E-state index in [9.17, 15) is 4.79 Å². The third-order valence-electron chi connectivity index (χ3n) is 3.96. The maximum absolute atomic E-state index is 12.4. The van der Waals surface area contributed by atoms with Crippen LogP contribution in [0.25, 0.3) is 0 Å². The van der Waals surface area contributed by atoms with Gasteiger partial charge in [-0.05, 0) is 17.7 Å². The molecule has 0 radical (unpaired) electrons. The zero-order chi connectivity index (χ0) is 17.6. The van der Waals surface area contributed by atoms with Crippen LogP contribution in [0.15, 0.2) is 28.6 Å². The van der Waals surface area contributed by atoms with Gasteiger partial charge in [0.2, 0.25) is 11.0 Å². The minimum atomic E-state index is 0.161. The minimum absolute atomic E-state index is 0.161. The van der Waals surface area contributed by atoms with Crippen molar-refractivity contribution in [2.45, 2.75) is 10.9 Å². The number of benzene rings is 1. The Bertz CT molecular complexity index is 718. The third-order valence-corrected chi connectivity index (χ3v) is 6.25. The van der Waals surface area contributed by atoms with Crippen molar-refractivity contribution in [3.63, 3.8) is 0 Å². The summed E-state index contributed by atoms with van der Waals surface area (Å²) >= 11 is 8.95. The van der Waals surface area contributed by atoms with Gasteiger partial charge in [0.15, 0.2) is 4.34 Å². The molecule has 0 spiro atoms. The quantitative estimate of drug-likeness (QED) is 0.756. The summed E-state index contributed by atoms with van der Waals surface area (Å²) < 4.78 is 0.817. The molecule has 0 atom stereocenters. The maximum atomic E-state index is 12.4. The molecular weight excluding hydrogens is 378 g/mol. The van der Waals surface area contributed by atoms with Crippen LogP contribution in [0.1, 0.15) is 5.56 Å².